The van der Waals surface area contributed by atoms with Crippen molar-refractivity contribution in [2.75, 3.05) is 0 Å². The number of nitrogens with zero attached hydrogens (tertiary/aromatic N) is 4. The van der Waals surface area contributed by atoms with Gasteiger partial charge in [-0.3, -0.25) is 4.79 Å². The maximum Gasteiger partial charge on any atom is 0.159 e. The second-order valence-corrected chi connectivity index (χ2v) is 5.57. The van der Waals surface area contributed by atoms with Crippen LogP contribution in [0, 0.1) is 5.92 Å². The van der Waals surface area contributed by atoms with Crippen molar-refractivity contribution < 1.29 is 9.73 Å². The Kier molecular flexibility index (Phi) is 3.66. The highest BCUT2D eigenvalue weighted by Gasteiger charge is 2.27. The third kappa shape index (κ3) is 2.72. The summed E-state index contributed by atoms with van der Waals surface area (Å²) in [6.07, 6.45) is 6.31. The lowest BCUT2D eigenvalue weighted by atomic mass is 9.79. The Morgan fingerprint density at radius 1 is 1.36 bits per heavy atom. The third-order valence-electron chi connectivity index (χ3n) is 3.97. The van der Waals surface area contributed by atoms with Crippen molar-refractivity contribution >= 4 is 11.4 Å². The first kappa shape index (κ1) is 14.3. The number of hydrogen-bond acceptors (Lipinski definition) is 4. The molecule has 0 bridgehead atoms. The van der Waals surface area contributed by atoms with Crippen molar-refractivity contribution in [1.29, 1.82) is 0 Å². The van der Waals surface area contributed by atoms with Crippen LogP contribution in [0.4, 0.5) is 0 Å². The normalized spacial score (nSPS) is 18.6. The fraction of sp³-hybridized carbons (Fsp3) is 0.312. The van der Waals surface area contributed by atoms with E-state index in [0.717, 1.165) is 28.8 Å². The molecule has 0 fully saturated rings. The first-order valence-electron chi connectivity index (χ1n) is 7.17. The van der Waals surface area contributed by atoms with E-state index in [-0.39, 0.29) is 11.7 Å². The molecule has 0 aliphatic heterocycles. The van der Waals surface area contributed by atoms with Gasteiger partial charge in [0.2, 0.25) is 0 Å². The predicted octanol–water partition coefficient (Wildman–Crippen LogP) is 2.30. The maximum absolute atomic E-state index is 12.2. The van der Waals surface area contributed by atoms with Gasteiger partial charge in [-0.15, -0.1) is 10.2 Å². The van der Waals surface area contributed by atoms with Gasteiger partial charge in [0.15, 0.2) is 5.78 Å². The van der Waals surface area contributed by atoms with Crippen molar-refractivity contribution in [2.45, 2.75) is 26.7 Å². The van der Waals surface area contributed by atoms with Gasteiger partial charge in [-0.05, 0) is 49.5 Å². The Balaban J connectivity index is 1.86. The minimum atomic E-state index is 0.164. The molecule has 1 aliphatic rings. The lowest BCUT2D eigenvalue weighted by molar-refractivity contribution is -0.116. The minimum absolute atomic E-state index is 0.164. The average molecular weight is 298 g/mol. The summed E-state index contributed by atoms with van der Waals surface area (Å²) in [5, 5.41) is 8.33. The molecular formula is C16H18N4O2. The molecule has 0 saturated carbocycles. The Morgan fingerprint density at radius 2 is 2.18 bits per heavy atom. The molecule has 2 aromatic rings. The van der Waals surface area contributed by atoms with Crippen molar-refractivity contribution in [3.8, 4) is 0 Å². The van der Waals surface area contributed by atoms with E-state index in [2.05, 4.69) is 16.8 Å². The predicted molar refractivity (Wildman–Crippen MR) is 81.6 cm³/mol. The van der Waals surface area contributed by atoms with Crippen LogP contribution in [0.15, 0.2) is 48.4 Å². The molecule has 0 aromatic carbocycles. The Labute approximate surface area is 128 Å². The van der Waals surface area contributed by atoms with E-state index < -0.39 is 0 Å². The lowest BCUT2D eigenvalue weighted by Gasteiger charge is -2.24. The summed E-state index contributed by atoms with van der Waals surface area (Å²) in [7, 11) is 0. The van der Waals surface area contributed by atoms with E-state index in [1.165, 1.54) is 9.69 Å². The van der Waals surface area contributed by atoms with Gasteiger partial charge < -0.3 is 0 Å². The molecule has 0 spiro atoms. The van der Waals surface area contributed by atoms with E-state index in [0.29, 0.717) is 6.42 Å². The summed E-state index contributed by atoms with van der Waals surface area (Å²) in [5.74, 6) is 0.347. The summed E-state index contributed by atoms with van der Waals surface area (Å²) in [6.45, 7) is 7.81. The molecule has 22 heavy (non-hydrogen) atoms. The summed E-state index contributed by atoms with van der Waals surface area (Å²) < 4.78 is 0. The number of hydrogen-bond donors (Lipinski definition) is 0. The van der Waals surface area contributed by atoms with Gasteiger partial charge in [0, 0.05) is 6.42 Å². The van der Waals surface area contributed by atoms with Crippen LogP contribution in [-0.2, 0) is 4.79 Å². The summed E-state index contributed by atoms with van der Waals surface area (Å²) in [5.41, 5.74) is 3.53. The topological polar surface area (TPSA) is 61.9 Å². The van der Waals surface area contributed by atoms with Crippen molar-refractivity contribution in [1.82, 2.24) is 19.9 Å². The van der Waals surface area contributed by atoms with Gasteiger partial charge in [-0.1, -0.05) is 21.8 Å². The molecule has 2 aromatic heterocycles. The SMILES string of the molecule is C=C(C)C1CC(=O)C(C)=C(c2ccn(On3cccn3)n2)C1. The van der Waals surface area contributed by atoms with E-state index in [1.54, 1.807) is 24.7 Å². The summed E-state index contributed by atoms with van der Waals surface area (Å²) in [6, 6.07) is 3.60. The maximum atomic E-state index is 12.2. The standard InChI is InChI=1S/C16H18N4O2/c1-11(2)13-9-14(12(3)16(21)10-13)15-5-8-20(18-15)22-19-7-4-6-17-19/h4-8,13H,1,9-10H2,2-3H3. The zero-order valence-electron chi connectivity index (χ0n) is 12.7. The first-order valence-corrected chi connectivity index (χ1v) is 7.17. The van der Waals surface area contributed by atoms with Gasteiger partial charge in [-0.25, -0.2) is 4.94 Å². The van der Waals surface area contributed by atoms with Crippen LogP contribution in [0.3, 0.4) is 0 Å². The molecular weight excluding hydrogens is 280 g/mol. The van der Waals surface area contributed by atoms with Crippen molar-refractivity contribution in [3.05, 3.63) is 54.1 Å². The number of carbonyl (C=O) groups is 1. The van der Waals surface area contributed by atoms with Crippen LogP contribution in [0.2, 0.25) is 0 Å². The van der Waals surface area contributed by atoms with Gasteiger partial charge >= 0.3 is 0 Å². The fourth-order valence-corrected chi connectivity index (χ4v) is 2.56. The second kappa shape index (κ2) is 5.63. The van der Waals surface area contributed by atoms with Crippen LogP contribution in [0.5, 0.6) is 0 Å². The van der Waals surface area contributed by atoms with Crippen LogP contribution in [0.25, 0.3) is 5.57 Å². The molecule has 114 valence electrons. The summed E-state index contributed by atoms with van der Waals surface area (Å²) >= 11 is 0. The number of Topliss-reactive ketones (excluding diaryl/α,β-unsaturated/α-hetero) is 1. The van der Waals surface area contributed by atoms with E-state index in [9.17, 15) is 4.79 Å². The van der Waals surface area contributed by atoms with Crippen LogP contribution in [0.1, 0.15) is 32.4 Å². The van der Waals surface area contributed by atoms with E-state index in [4.69, 9.17) is 4.94 Å². The Hall–Kier alpha value is -2.63. The van der Waals surface area contributed by atoms with Gasteiger partial charge in [0.1, 0.15) is 0 Å². The molecule has 0 N–H and O–H groups in total. The highest BCUT2D eigenvalue weighted by atomic mass is 16.8. The minimum Gasteiger partial charge on any atom is -0.295 e. The molecule has 1 unspecified atom stereocenters. The average Bonchev–Trinajstić information content (AvgIpc) is 3.14. The monoisotopic (exact) mass is 298 g/mol. The summed E-state index contributed by atoms with van der Waals surface area (Å²) in [4.78, 5) is 20.2. The molecule has 2 heterocycles. The smallest absolute Gasteiger partial charge is 0.159 e. The number of aromatic nitrogens is 4. The van der Waals surface area contributed by atoms with Crippen LogP contribution < -0.4 is 4.94 Å². The third-order valence-corrected chi connectivity index (χ3v) is 3.97. The van der Waals surface area contributed by atoms with E-state index >= 15 is 0 Å². The molecule has 3 rings (SSSR count). The number of carbonyl (C=O) groups excluding carboxylic acids is 1. The largest absolute Gasteiger partial charge is 0.295 e. The quantitative estimate of drug-likeness (QED) is 0.813. The molecule has 0 amide bonds. The lowest BCUT2D eigenvalue weighted by Crippen LogP contribution is -2.20. The second-order valence-electron chi connectivity index (χ2n) is 5.57. The number of allylic oxidation sites excluding steroid dienone is 3. The van der Waals surface area contributed by atoms with Gasteiger partial charge in [-0.2, -0.15) is 0 Å². The van der Waals surface area contributed by atoms with Crippen molar-refractivity contribution in [3.63, 3.8) is 0 Å². The molecule has 0 saturated heterocycles. The molecule has 1 atom stereocenters. The van der Waals surface area contributed by atoms with Gasteiger partial charge in [0.25, 0.3) is 0 Å². The molecule has 6 heteroatoms. The highest BCUT2D eigenvalue weighted by Crippen LogP contribution is 2.35. The highest BCUT2D eigenvalue weighted by molar-refractivity contribution is 6.03. The molecule has 6 nitrogen and oxygen atoms in total. The number of ketones is 1. The Bertz CT molecular complexity index is 740. The van der Waals surface area contributed by atoms with Crippen LogP contribution >= 0.6 is 0 Å². The number of rotatable bonds is 4. The van der Waals surface area contributed by atoms with E-state index in [1.807, 2.05) is 19.9 Å². The Morgan fingerprint density at radius 3 is 2.86 bits per heavy atom. The van der Waals surface area contributed by atoms with Crippen molar-refractivity contribution in [2.24, 2.45) is 5.92 Å². The first-order chi connectivity index (χ1) is 10.5. The fourth-order valence-electron chi connectivity index (χ4n) is 2.56. The zero-order valence-corrected chi connectivity index (χ0v) is 12.7. The van der Waals surface area contributed by atoms with Gasteiger partial charge in [0.05, 0.1) is 24.3 Å². The molecule has 1 aliphatic carbocycles. The van der Waals surface area contributed by atoms with Crippen LogP contribution in [-0.4, -0.2) is 25.7 Å². The molecule has 0 radical (unpaired) electrons. The zero-order chi connectivity index (χ0) is 15.7.